The normalized spacial score (nSPS) is 14.0. The second kappa shape index (κ2) is 12.7. The first kappa shape index (κ1) is 28.5. The van der Waals surface area contributed by atoms with Crippen LogP contribution in [0, 0.1) is 11.3 Å². The van der Waals surface area contributed by atoms with Gasteiger partial charge in [-0.25, -0.2) is 4.98 Å². The van der Waals surface area contributed by atoms with E-state index in [9.17, 15) is 10.1 Å². The minimum Gasteiger partial charge on any atom is -0.493 e. The molecule has 0 spiro atoms. The van der Waals surface area contributed by atoms with Gasteiger partial charge in [0.2, 0.25) is 0 Å². The quantitative estimate of drug-likeness (QED) is 0.180. The zero-order valence-corrected chi connectivity index (χ0v) is 26.4. The fourth-order valence-corrected chi connectivity index (χ4v) is 6.21. The van der Waals surface area contributed by atoms with Crippen LogP contribution in [0.25, 0.3) is 10.9 Å². The maximum Gasteiger partial charge on any atom is 0.282 e. The van der Waals surface area contributed by atoms with Crippen LogP contribution in [0.15, 0.2) is 71.8 Å². The van der Waals surface area contributed by atoms with Crippen molar-refractivity contribution in [2.45, 2.75) is 44.6 Å². The molecule has 10 heteroatoms. The van der Waals surface area contributed by atoms with Crippen molar-refractivity contribution >= 4 is 64.9 Å². The molecule has 0 saturated heterocycles. The lowest BCUT2D eigenvalue weighted by atomic mass is 9.88. The van der Waals surface area contributed by atoms with Crippen LogP contribution in [0.2, 0.25) is 0 Å². The number of nitriles is 1. The smallest absolute Gasteiger partial charge is 0.282 e. The Morgan fingerprint density at radius 3 is 2.62 bits per heavy atom. The summed E-state index contributed by atoms with van der Waals surface area (Å²) < 4.78 is 15.3. The highest BCUT2D eigenvalue weighted by atomic mass is 79.9. The van der Waals surface area contributed by atoms with Crippen molar-refractivity contribution in [1.29, 1.82) is 5.26 Å². The van der Waals surface area contributed by atoms with Gasteiger partial charge in [-0.05, 0) is 75.0 Å². The van der Waals surface area contributed by atoms with Gasteiger partial charge < -0.3 is 9.47 Å². The average Bonchev–Trinajstić information content (AvgIpc) is 2.98. The van der Waals surface area contributed by atoms with Gasteiger partial charge >= 0.3 is 0 Å². The van der Waals surface area contributed by atoms with E-state index in [2.05, 4.69) is 59.0 Å². The molecule has 0 aliphatic heterocycles. The van der Waals surface area contributed by atoms with Gasteiger partial charge in [0.15, 0.2) is 11.5 Å². The molecule has 0 bridgehead atoms. The van der Waals surface area contributed by atoms with E-state index in [1.54, 1.807) is 31.5 Å². The lowest BCUT2D eigenvalue weighted by molar-refractivity contribution is 0.282. The Kier molecular flexibility index (Phi) is 9.03. The third kappa shape index (κ3) is 5.87. The van der Waals surface area contributed by atoms with Crippen molar-refractivity contribution in [3.05, 3.63) is 94.8 Å². The standard InChI is InChI=1S/C30H25Br3N4O3/c1-39-25-13-21(26(32)27(33)28(25)40-17-20-10-6-5-9-19(20)15-34)16-35-37-29(18-7-3-2-4-8-18)36-24-12-11-22(31)14-23(24)30(37)38/h5-6,9-14,16,18H,2-4,7-8,17H2,1H3. The van der Waals surface area contributed by atoms with Gasteiger partial charge in [0.25, 0.3) is 5.56 Å². The van der Waals surface area contributed by atoms with E-state index < -0.39 is 0 Å². The number of aromatic nitrogens is 2. The molecule has 1 fully saturated rings. The first-order valence-corrected chi connectivity index (χ1v) is 15.2. The minimum absolute atomic E-state index is 0.170. The molecule has 1 aromatic heterocycles. The molecule has 0 N–H and O–H groups in total. The van der Waals surface area contributed by atoms with Crippen molar-refractivity contribution in [1.82, 2.24) is 9.66 Å². The highest BCUT2D eigenvalue weighted by molar-refractivity contribution is 9.13. The summed E-state index contributed by atoms with van der Waals surface area (Å²) in [4.78, 5) is 18.6. The molecule has 7 nitrogen and oxygen atoms in total. The van der Waals surface area contributed by atoms with E-state index in [4.69, 9.17) is 14.5 Å². The maximum absolute atomic E-state index is 13.7. The topological polar surface area (TPSA) is 89.5 Å². The van der Waals surface area contributed by atoms with E-state index in [0.29, 0.717) is 48.3 Å². The summed E-state index contributed by atoms with van der Waals surface area (Å²) in [7, 11) is 1.56. The van der Waals surface area contributed by atoms with Crippen molar-refractivity contribution in [3.8, 4) is 17.6 Å². The number of benzene rings is 3. The monoisotopic (exact) mass is 726 g/mol. The van der Waals surface area contributed by atoms with Crippen LogP contribution in [0.5, 0.6) is 11.5 Å². The Hall–Kier alpha value is -3.00. The van der Waals surface area contributed by atoms with Crippen molar-refractivity contribution < 1.29 is 9.47 Å². The number of methoxy groups -OCH3 is 1. The van der Waals surface area contributed by atoms with Crippen molar-refractivity contribution in [3.63, 3.8) is 0 Å². The Labute approximate surface area is 257 Å². The molecular formula is C30H25Br3N4O3. The van der Waals surface area contributed by atoms with Crippen LogP contribution in [0.3, 0.4) is 0 Å². The van der Waals surface area contributed by atoms with Crippen LogP contribution < -0.4 is 15.0 Å². The number of hydrogen-bond acceptors (Lipinski definition) is 6. The summed E-state index contributed by atoms with van der Waals surface area (Å²) in [6, 6.07) is 16.8. The zero-order valence-electron chi connectivity index (χ0n) is 21.7. The first-order valence-electron chi connectivity index (χ1n) is 12.8. The summed E-state index contributed by atoms with van der Waals surface area (Å²) in [5, 5.41) is 14.6. The Bertz CT molecular complexity index is 1710. The third-order valence-corrected chi connectivity index (χ3v) is 9.64. The zero-order chi connectivity index (χ0) is 28.2. The predicted molar refractivity (Wildman–Crippen MR) is 166 cm³/mol. The highest BCUT2D eigenvalue weighted by Crippen LogP contribution is 2.43. The van der Waals surface area contributed by atoms with Crippen molar-refractivity contribution in [2.75, 3.05) is 7.11 Å². The summed E-state index contributed by atoms with van der Waals surface area (Å²) >= 11 is 10.7. The molecule has 1 heterocycles. The van der Waals surface area contributed by atoms with E-state index in [1.807, 2.05) is 30.3 Å². The van der Waals surface area contributed by atoms with Gasteiger partial charge in [0, 0.05) is 26.0 Å². The maximum atomic E-state index is 13.7. The van der Waals surface area contributed by atoms with Crippen LogP contribution in [-0.4, -0.2) is 23.0 Å². The fraction of sp³-hybridized carbons (Fsp3) is 0.267. The molecular weight excluding hydrogens is 704 g/mol. The summed E-state index contributed by atoms with van der Waals surface area (Å²) in [6.45, 7) is 0.191. The summed E-state index contributed by atoms with van der Waals surface area (Å²) in [5.74, 6) is 1.82. The van der Waals surface area contributed by atoms with Crippen LogP contribution in [0.1, 0.15) is 60.5 Å². The number of halogens is 3. The number of nitrogens with zero attached hydrogens (tertiary/aromatic N) is 4. The second-order valence-corrected chi connectivity index (χ2v) is 12.0. The Balaban J connectivity index is 1.54. The molecule has 1 saturated carbocycles. The van der Waals surface area contributed by atoms with Crippen molar-refractivity contribution in [2.24, 2.45) is 5.10 Å². The predicted octanol–water partition coefficient (Wildman–Crippen LogP) is 8.07. The molecule has 204 valence electrons. The van der Waals surface area contributed by atoms with E-state index in [-0.39, 0.29) is 18.1 Å². The van der Waals surface area contributed by atoms with E-state index in [0.717, 1.165) is 35.7 Å². The largest absolute Gasteiger partial charge is 0.493 e. The summed E-state index contributed by atoms with van der Waals surface area (Å²) in [5.41, 5.74) is 2.47. The van der Waals surface area contributed by atoms with Gasteiger partial charge in [-0.2, -0.15) is 15.0 Å². The number of hydrogen-bond donors (Lipinski definition) is 0. The third-order valence-electron chi connectivity index (χ3n) is 7.00. The first-order chi connectivity index (χ1) is 19.4. The number of fused-ring (bicyclic) bond motifs is 1. The summed E-state index contributed by atoms with van der Waals surface area (Å²) in [6.07, 6.45) is 7.01. The molecule has 3 aromatic carbocycles. The number of rotatable bonds is 7. The Morgan fingerprint density at radius 2 is 1.88 bits per heavy atom. The van der Waals surface area contributed by atoms with Crippen LogP contribution >= 0.6 is 47.8 Å². The fourth-order valence-electron chi connectivity index (χ4n) is 4.91. The molecule has 0 atom stereocenters. The SMILES string of the molecule is COc1cc(C=Nn2c(C3CCCCC3)nc3ccc(Br)cc3c2=O)c(Br)c(Br)c1OCc1ccccc1C#N. The van der Waals surface area contributed by atoms with E-state index in [1.165, 1.54) is 11.1 Å². The van der Waals surface area contributed by atoms with Gasteiger partial charge in [0.05, 0.1) is 40.3 Å². The van der Waals surface area contributed by atoms with Crippen LogP contribution in [0.4, 0.5) is 0 Å². The second-order valence-electron chi connectivity index (χ2n) is 9.51. The number of ether oxygens (including phenoxy) is 2. The molecule has 0 amide bonds. The van der Waals surface area contributed by atoms with Gasteiger partial charge in [-0.15, -0.1) is 0 Å². The molecule has 40 heavy (non-hydrogen) atoms. The molecule has 0 unspecified atom stereocenters. The van der Waals surface area contributed by atoms with Gasteiger partial charge in [-0.1, -0.05) is 53.4 Å². The van der Waals surface area contributed by atoms with Gasteiger partial charge in [0.1, 0.15) is 12.4 Å². The highest BCUT2D eigenvalue weighted by Gasteiger charge is 2.23. The molecule has 5 rings (SSSR count). The van der Waals surface area contributed by atoms with E-state index >= 15 is 0 Å². The average molecular weight is 729 g/mol. The van der Waals surface area contributed by atoms with Gasteiger partial charge in [-0.3, -0.25) is 4.79 Å². The molecule has 4 aromatic rings. The molecule has 0 radical (unpaired) electrons. The molecule has 1 aliphatic carbocycles. The molecule has 1 aliphatic rings. The van der Waals surface area contributed by atoms with Crippen LogP contribution in [-0.2, 0) is 6.61 Å². The lowest BCUT2D eigenvalue weighted by Gasteiger charge is -2.23. The lowest BCUT2D eigenvalue weighted by Crippen LogP contribution is -2.25. The minimum atomic E-state index is -0.207. The Morgan fingerprint density at radius 1 is 1.10 bits per heavy atom.